The smallest absolute Gasteiger partial charge is 0.234 e. The minimum atomic E-state index is 0.124. The van der Waals surface area contributed by atoms with Gasteiger partial charge in [0.1, 0.15) is 0 Å². The summed E-state index contributed by atoms with van der Waals surface area (Å²) in [6.45, 7) is 13.7. The highest BCUT2D eigenvalue weighted by molar-refractivity contribution is 5.78. The number of nitrogens with zero attached hydrogens (tertiary/aromatic N) is 1. The summed E-state index contributed by atoms with van der Waals surface area (Å²) >= 11 is 0. The van der Waals surface area contributed by atoms with Crippen molar-refractivity contribution in [3.8, 4) is 0 Å². The number of unbranched alkanes of at least 4 members (excludes halogenated alkanes) is 1. The molecule has 0 aliphatic rings. The Balaban J connectivity index is 3.85. The van der Waals surface area contributed by atoms with E-state index in [0.717, 1.165) is 32.5 Å². The summed E-state index contributed by atoms with van der Waals surface area (Å²) in [5.74, 6) is 0.124. The Morgan fingerprint density at radius 3 is 2.42 bits per heavy atom. The van der Waals surface area contributed by atoms with Crippen molar-refractivity contribution in [2.75, 3.05) is 26.2 Å². The lowest BCUT2D eigenvalue weighted by Gasteiger charge is -2.24. The second-order valence-electron chi connectivity index (χ2n) is 6.42. The zero-order chi connectivity index (χ0) is 14.9. The van der Waals surface area contributed by atoms with Crippen molar-refractivity contribution in [2.45, 2.75) is 59.9 Å². The minimum absolute atomic E-state index is 0.124. The average Bonchev–Trinajstić information content (AvgIpc) is 2.32. The van der Waals surface area contributed by atoms with Gasteiger partial charge in [-0.05, 0) is 51.7 Å². The molecule has 0 atom stereocenters. The van der Waals surface area contributed by atoms with Gasteiger partial charge in [0.05, 0.1) is 6.54 Å². The summed E-state index contributed by atoms with van der Waals surface area (Å²) in [5, 5.41) is 2.93. The van der Waals surface area contributed by atoms with Gasteiger partial charge in [0.25, 0.3) is 0 Å². The monoisotopic (exact) mass is 271 g/mol. The Labute approximate surface area is 119 Å². The second kappa shape index (κ2) is 9.32. The van der Waals surface area contributed by atoms with Gasteiger partial charge in [-0.3, -0.25) is 9.69 Å². The number of carbonyl (C=O) groups excluding carboxylic acids is 1. The molecular formula is C15H33N3O. The van der Waals surface area contributed by atoms with Gasteiger partial charge in [0.2, 0.25) is 5.91 Å². The molecule has 4 heteroatoms. The molecule has 0 aromatic heterocycles. The summed E-state index contributed by atoms with van der Waals surface area (Å²) in [6.07, 6.45) is 3.46. The van der Waals surface area contributed by atoms with Crippen LogP contribution < -0.4 is 11.1 Å². The van der Waals surface area contributed by atoms with E-state index in [4.69, 9.17) is 5.73 Å². The highest BCUT2D eigenvalue weighted by atomic mass is 16.2. The van der Waals surface area contributed by atoms with E-state index in [1.54, 1.807) is 0 Å². The zero-order valence-corrected chi connectivity index (χ0v) is 13.5. The number of likely N-dealkylation sites (N-methyl/N-ethyl adjacent to an activating group) is 1. The number of rotatable bonds is 10. The maximum absolute atomic E-state index is 11.7. The van der Waals surface area contributed by atoms with Crippen molar-refractivity contribution >= 4 is 5.91 Å². The van der Waals surface area contributed by atoms with Crippen LogP contribution in [0.25, 0.3) is 0 Å². The SMILES string of the molecule is CCN(CCCCC(C)(C)CN)CC(=O)NC(C)C. The molecule has 0 radical (unpaired) electrons. The molecule has 0 saturated heterocycles. The maximum atomic E-state index is 11.7. The third-order valence-electron chi connectivity index (χ3n) is 3.39. The van der Waals surface area contributed by atoms with Crippen LogP contribution in [-0.4, -0.2) is 43.0 Å². The molecule has 0 aliphatic carbocycles. The first-order chi connectivity index (χ1) is 8.80. The highest BCUT2D eigenvalue weighted by Crippen LogP contribution is 2.21. The predicted octanol–water partition coefficient (Wildman–Crippen LogP) is 1.99. The lowest BCUT2D eigenvalue weighted by Crippen LogP contribution is -2.40. The lowest BCUT2D eigenvalue weighted by atomic mass is 9.87. The zero-order valence-electron chi connectivity index (χ0n) is 13.5. The molecule has 114 valence electrons. The summed E-state index contributed by atoms with van der Waals surface area (Å²) in [4.78, 5) is 13.9. The first-order valence-electron chi connectivity index (χ1n) is 7.52. The molecule has 1 amide bonds. The summed E-state index contributed by atoms with van der Waals surface area (Å²) < 4.78 is 0. The van der Waals surface area contributed by atoms with Crippen LogP contribution in [0.5, 0.6) is 0 Å². The van der Waals surface area contributed by atoms with E-state index in [9.17, 15) is 4.79 Å². The molecule has 0 aromatic rings. The van der Waals surface area contributed by atoms with Crippen molar-refractivity contribution < 1.29 is 4.79 Å². The molecule has 0 aliphatic heterocycles. The van der Waals surface area contributed by atoms with Crippen LogP contribution in [0.2, 0.25) is 0 Å². The fourth-order valence-corrected chi connectivity index (χ4v) is 1.96. The van der Waals surface area contributed by atoms with Crippen LogP contribution >= 0.6 is 0 Å². The van der Waals surface area contributed by atoms with E-state index in [0.29, 0.717) is 6.54 Å². The first kappa shape index (κ1) is 18.4. The highest BCUT2D eigenvalue weighted by Gasteiger charge is 2.15. The van der Waals surface area contributed by atoms with Crippen LogP contribution in [0.15, 0.2) is 0 Å². The molecular weight excluding hydrogens is 238 g/mol. The molecule has 0 aromatic carbocycles. The molecule has 0 saturated carbocycles. The molecule has 0 heterocycles. The van der Waals surface area contributed by atoms with E-state index in [1.807, 2.05) is 13.8 Å². The minimum Gasteiger partial charge on any atom is -0.353 e. The molecule has 0 rings (SSSR count). The van der Waals surface area contributed by atoms with Crippen molar-refractivity contribution in [1.29, 1.82) is 0 Å². The quantitative estimate of drug-likeness (QED) is 0.597. The van der Waals surface area contributed by atoms with Crippen LogP contribution in [0, 0.1) is 5.41 Å². The average molecular weight is 271 g/mol. The Bertz CT molecular complexity index is 252. The lowest BCUT2D eigenvalue weighted by molar-refractivity contribution is -0.122. The number of nitrogens with one attached hydrogen (secondary N) is 1. The maximum Gasteiger partial charge on any atom is 0.234 e. The number of amides is 1. The van der Waals surface area contributed by atoms with Gasteiger partial charge in [-0.25, -0.2) is 0 Å². The van der Waals surface area contributed by atoms with Crippen LogP contribution in [0.1, 0.15) is 53.9 Å². The van der Waals surface area contributed by atoms with Crippen molar-refractivity contribution in [3.63, 3.8) is 0 Å². The third-order valence-corrected chi connectivity index (χ3v) is 3.39. The van der Waals surface area contributed by atoms with Crippen molar-refractivity contribution in [1.82, 2.24) is 10.2 Å². The van der Waals surface area contributed by atoms with E-state index in [2.05, 4.69) is 31.0 Å². The molecule has 0 unspecified atom stereocenters. The number of nitrogens with two attached hydrogens (primary N) is 1. The second-order valence-corrected chi connectivity index (χ2v) is 6.42. The largest absolute Gasteiger partial charge is 0.353 e. The Morgan fingerprint density at radius 2 is 1.95 bits per heavy atom. The molecule has 3 N–H and O–H groups in total. The molecule has 0 fully saturated rings. The van der Waals surface area contributed by atoms with Gasteiger partial charge in [0, 0.05) is 6.04 Å². The van der Waals surface area contributed by atoms with E-state index in [-0.39, 0.29) is 17.4 Å². The fraction of sp³-hybridized carbons (Fsp3) is 0.933. The normalized spacial score (nSPS) is 12.2. The molecule has 4 nitrogen and oxygen atoms in total. The first-order valence-corrected chi connectivity index (χ1v) is 7.52. The summed E-state index contributed by atoms with van der Waals surface area (Å²) in [6, 6.07) is 0.219. The summed E-state index contributed by atoms with van der Waals surface area (Å²) in [7, 11) is 0. The van der Waals surface area contributed by atoms with Gasteiger partial charge in [-0.15, -0.1) is 0 Å². The van der Waals surface area contributed by atoms with E-state index >= 15 is 0 Å². The Hall–Kier alpha value is -0.610. The van der Waals surface area contributed by atoms with Gasteiger partial charge in [-0.2, -0.15) is 0 Å². The van der Waals surface area contributed by atoms with E-state index in [1.165, 1.54) is 6.42 Å². The number of hydrogen-bond donors (Lipinski definition) is 2. The standard InChI is InChI=1S/C15H33N3O/c1-6-18(11-14(19)17-13(2)3)10-8-7-9-15(4,5)12-16/h13H,6-12,16H2,1-5H3,(H,17,19). The molecule has 0 spiro atoms. The van der Waals surface area contributed by atoms with Gasteiger partial charge >= 0.3 is 0 Å². The Kier molecular flexibility index (Phi) is 9.02. The third kappa shape index (κ3) is 9.91. The topological polar surface area (TPSA) is 58.4 Å². The predicted molar refractivity (Wildman–Crippen MR) is 82.1 cm³/mol. The molecule has 0 bridgehead atoms. The van der Waals surface area contributed by atoms with Crippen LogP contribution in [0.3, 0.4) is 0 Å². The van der Waals surface area contributed by atoms with Crippen LogP contribution in [0.4, 0.5) is 0 Å². The summed E-state index contributed by atoms with van der Waals surface area (Å²) in [5.41, 5.74) is 5.97. The number of carbonyl (C=O) groups is 1. The van der Waals surface area contributed by atoms with Crippen LogP contribution in [-0.2, 0) is 4.79 Å². The number of hydrogen-bond acceptors (Lipinski definition) is 3. The van der Waals surface area contributed by atoms with Crippen molar-refractivity contribution in [3.05, 3.63) is 0 Å². The molecule has 19 heavy (non-hydrogen) atoms. The van der Waals surface area contributed by atoms with Gasteiger partial charge in [-0.1, -0.05) is 27.2 Å². The van der Waals surface area contributed by atoms with E-state index < -0.39 is 0 Å². The fourth-order valence-electron chi connectivity index (χ4n) is 1.96. The van der Waals surface area contributed by atoms with Gasteiger partial charge in [0.15, 0.2) is 0 Å². The van der Waals surface area contributed by atoms with Crippen molar-refractivity contribution in [2.24, 2.45) is 11.1 Å². The van der Waals surface area contributed by atoms with Gasteiger partial charge < -0.3 is 11.1 Å². The Morgan fingerprint density at radius 1 is 1.32 bits per heavy atom.